The fourth-order valence-electron chi connectivity index (χ4n) is 9.79. The van der Waals surface area contributed by atoms with Gasteiger partial charge in [-0.25, -0.2) is 0 Å². The Hall–Kier alpha value is -3.46. The third-order valence-electron chi connectivity index (χ3n) is 12.7. The highest BCUT2D eigenvalue weighted by atomic mass is 28.3. The molecule has 2 heteroatoms. The molecule has 0 N–H and O–H groups in total. The lowest BCUT2D eigenvalue weighted by molar-refractivity contribution is -0.00471. The second-order valence-electron chi connectivity index (χ2n) is 19.8. The predicted molar refractivity (Wildman–Crippen MR) is 237 cm³/mol. The first-order valence-electron chi connectivity index (χ1n) is 20.9. The van der Waals surface area contributed by atoms with Crippen molar-refractivity contribution >= 4 is 30.6 Å². The van der Waals surface area contributed by atoms with Crippen LogP contribution in [-0.4, -0.2) is 20.3 Å². The molecule has 0 aliphatic heterocycles. The zero-order valence-corrected chi connectivity index (χ0v) is 36.8. The molecule has 2 atom stereocenters. The van der Waals surface area contributed by atoms with Crippen LogP contribution in [0.4, 0.5) is 0 Å². The predicted octanol–water partition coefficient (Wildman–Crippen LogP) is 10.7. The highest BCUT2D eigenvalue weighted by Crippen LogP contribution is 2.53. The van der Waals surface area contributed by atoms with Gasteiger partial charge in [-0.05, 0) is 101 Å². The summed E-state index contributed by atoms with van der Waals surface area (Å²) in [5.74, 6) is 0. The van der Waals surface area contributed by atoms with E-state index in [1.165, 1.54) is 74.5 Å². The summed E-state index contributed by atoms with van der Waals surface area (Å²) in [6, 6.07) is 40.5. The van der Waals surface area contributed by atoms with Crippen LogP contribution in [0, 0.1) is 0 Å². The van der Waals surface area contributed by atoms with Crippen molar-refractivity contribution in [1.82, 2.24) is 0 Å². The Kier molecular flexibility index (Phi) is 11.1. The minimum Gasteiger partial charge on any atom is -0.376 e. The van der Waals surface area contributed by atoms with Gasteiger partial charge in [-0.2, -0.15) is 0 Å². The van der Waals surface area contributed by atoms with Gasteiger partial charge in [-0.1, -0.05) is 193 Å². The maximum Gasteiger partial charge on any atom is 0.113 e. The zero-order chi connectivity index (χ0) is 39.2. The van der Waals surface area contributed by atoms with E-state index >= 15 is 0 Å². The van der Waals surface area contributed by atoms with Crippen molar-refractivity contribution in [2.24, 2.45) is 0 Å². The third-order valence-corrected chi connectivity index (χ3v) is 18.6. The van der Waals surface area contributed by atoms with Crippen LogP contribution in [0.1, 0.15) is 131 Å². The van der Waals surface area contributed by atoms with Gasteiger partial charge in [0.25, 0.3) is 0 Å². The summed E-state index contributed by atoms with van der Waals surface area (Å²) in [7, 11) is -2.50. The highest BCUT2D eigenvalue weighted by Gasteiger charge is 2.53. The molecular weight excluding hydrogens is 669 g/mol. The van der Waals surface area contributed by atoms with Gasteiger partial charge in [-0.3, -0.25) is 0 Å². The Morgan fingerprint density at radius 1 is 0.519 bits per heavy atom. The Balaban J connectivity index is 1.59. The molecule has 2 unspecified atom stereocenters. The standard InChI is InChI=1S/C52H68OSi/c1-13-54(35-21-15-14-20-34-53-50(8,9)10,46-44-24-18-16-22-38(44)36-51(46,11)42-30-26-40(27-31-42)48(2,3)4)47-45-25-19-17-23-39(45)37-52(47,12)43-32-28-41(29-33-43)49(5,6)7/h16-19,22-33,36-37H,13-15,20-21,34-35H2,1-12H3. The van der Waals surface area contributed by atoms with Crippen LogP contribution in [0.3, 0.4) is 0 Å². The Morgan fingerprint density at radius 2 is 0.926 bits per heavy atom. The number of ether oxygens (including phenoxy) is 1. The van der Waals surface area contributed by atoms with Gasteiger partial charge in [0.2, 0.25) is 0 Å². The number of unbranched alkanes of at least 4 members (excludes halogenated alkanes) is 3. The van der Waals surface area contributed by atoms with E-state index in [0.29, 0.717) is 0 Å². The van der Waals surface area contributed by atoms with Gasteiger partial charge in [0.15, 0.2) is 0 Å². The molecule has 0 fully saturated rings. The molecule has 0 saturated heterocycles. The molecule has 2 aliphatic rings. The summed E-state index contributed by atoms with van der Waals surface area (Å²) < 4.78 is 6.14. The van der Waals surface area contributed by atoms with Crippen LogP contribution in [0.2, 0.25) is 12.1 Å². The molecule has 0 bridgehead atoms. The molecule has 1 nitrogen and oxygen atoms in total. The van der Waals surface area contributed by atoms with Crippen LogP contribution in [0.5, 0.6) is 0 Å². The van der Waals surface area contributed by atoms with Crippen LogP contribution in [0.25, 0.3) is 22.5 Å². The SMILES string of the molecule is CC[Si](CCCCCCOC(C)(C)C)(C1=c2ccccc2=CC1(C)c1ccc(C(C)(C)C)cc1)C1=c2ccccc2=CC1(C)c1ccc(C(C)(C)C)cc1. The minimum atomic E-state index is -2.50. The number of benzene rings is 4. The maximum absolute atomic E-state index is 6.14. The largest absolute Gasteiger partial charge is 0.376 e. The first-order valence-corrected chi connectivity index (χ1v) is 23.3. The first-order chi connectivity index (χ1) is 25.3. The van der Waals surface area contributed by atoms with E-state index in [0.717, 1.165) is 13.0 Å². The first kappa shape index (κ1) is 40.2. The van der Waals surface area contributed by atoms with Crippen LogP contribution < -0.4 is 20.9 Å². The molecule has 0 saturated carbocycles. The molecule has 0 amide bonds. The molecule has 4 aromatic carbocycles. The summed E-state index contributed by atoms with van der Waals surface area (Å²) in [6.07, 6.45) is 10.0. The van der Waals surface area contributed by atoms with Gasteiger partial charge < -0.3 is 4.74 Å². The monoisotopic (exact) mass is 737 g/mol. The summed E-state index contributed by atoms with van der Waals surface area (Å²) in [6.45, 7) is 28.9. The van der Waals surface area contributed by atoms with Crippen molar-refractivity contribution in [2.45, 2.75) is 148 Å². The number of fused-ring (bicyclic) bond motifs is 2. The summed E-state index contributed by atoms with van der Waals surface area (Å²) >= 11 is 0. The molecule has 286 valence electrons. The van der Waals surface area contributed by atoms with Crippen LogP contribution >= 0.6 is 0 Å². The van der Waals surface area contributed by atoms with E-state index in [1.54, 1.807) is 10.4 Å². The third kappa shape index (κ3) is 7.68. The maximum atomic E-state index is 6.14. The van der Waals surface area contributed by atoms with E-state index in [-0.39, 0.29) is 27.3 Å². The molecule has 2 aliphatic carbocycles. The summed E-state index contributed by atoms with van der Waals surface area (Å²) in [5.41, 5.74) is 5.31. The van der Waals surface area contributed by atoms with Crippen molar-refractivity contribution in [3.05, 3.63) is 140 Å². The molecular formula is C52H68OSi. The van der Waals surface area contributed by atoms with Gasteiger partial charge in [0, 0.05) is 17.4 Å². The van der Waals surface area contributed by atoms with Gasteiger partial charge in [0.1, 0.15) is 8.07 Å². The Morgan fingerprint density at radius 3 is 1.31 bits per heavy atom. The lowest BCUT2D eigenvalue weighted by Gasteiger charge is -2.47. The fraction of sp³-hybridized carbons (Fsp3) is 0.462. The molecule has 54 heavy (non-hydrogen) atoms. The molecule has 4 aromatic rings. The second-order valence-corrected chi connectivity index (χ2v) is 24.2. The average Bonchev–Trinajstić information content (AvgIpc) is 3.61. The second kappa shape index (κ2) is 14.9. The van der Waals surface area contributed by atoms with Gasteiger partial charge in [-0.15, -0.1) is 0 Å². The van der Waals surface area contributed by atoms with Crippen molar-refractivity contribution in [3.8, 4) is 0 Å². The lowest BCUT2D eigenvalue weighted by Crippen LogP contribution is -2.52. The van der Waals surface area contributed by atoms with E-state index < -0.39 is 8.07 Å². The normalized spacial score (nSPS) is 21.0. The van der Waals surface area contributed by atoms with Crippen LogP contribution in [0.15, 0.2) is 97.1 Å². The number of rotatable bonds is 12. The van der Waals surface area contributed by atoms with Crippen molar-refractivity contribution in [2.75, 3.05) is 6.61 Å². The molecule has 6 rings (SSSR count). The Labute approximate surface area is 329 Å². The topological polar surface area (TPSA) is 9.23 Å². The molecule has 0 radical (unpaired) electrons. The van der Waals surface area contributed by atoms with Gasteiger partial charge in [0.05, 0.1) is 5.60 Å². The average molecular weight is 737 g/mol. The number of hydrogen-bond donors (Lipinski definition) is 0. The molecule has 0 aromatic heterocycles. The summed E-state index contributed by atoms with van der Waals surface area (Å²) in [5, 5.41) is 9.18. The van der Waals surface area contributed by atoms with Crippen molar-refractivity contribution in [1.29, 1.82) is 0 Å². The molecule has 0 heterocycles. The van der Waals surface area contributed by atoms with Crippen LogP contribution in [-0.2, 0) is 26.4 Å². The Bertz CT molecular complexity index is 2060. The smallest absolute Gasteiger partial charge is 0.113 e. The van der Waals surface area contributed by atoms with E-state index in [4.69, 9.17) is 4.74 Å². The fourth-order valence-corrected chi connectivity index (χ4v) is 16.4. The minimum absolute atomic E-state index is 0.0820. The van der Waals surface area contributed by atoms with Gasteiger partial charge >= 0.3 is 0 Å². The lowest BCUT2D eigenvalue weighted by atomic mass is 9.80. The van der Waals surface area contributed by atoms with Crippen molar-refractivity contribution in [3.63, 3.8) is 0 Å². The van der Waals surface area contributed by atoms with E-state index in [9.17, 15) is 0 Å². The van der Waals surface area contributed by atoms with Crippen molar-refractivity contribution < 1.29 is 4.74 Å². The highest BCUT2D eigenvalue weighted by molar-refractivity contribution is 7.09. The summed E-state index contributed by atoms with van der Waals surface area (Å²) in [4.78, 5) is 0. The zero-order valence-electron chi connectivity index (χ0n) is 35.8. The van der Waals surface area contributed by atoms with E-state index in [2.05, 4.69) is 192 Å². The van der Waals surface area contributed by atoms with E-state index in [1.807, 2.05) is 0 Å². The quantitative estimate of drug-likeness (QED) is 0.104. The molecule has 0 spiro atoms. The number of hydrogen-bond acceptors (Lipinski definition) is 1.